The second-order valence-corrected chi connectivity index (χ2v) is 8.37. The van der Waals surface area contributed by atoms with Gasteiger partial charge in [-0.2, -0.15) is 5.10 Å². The van der Waals surface area contributed by atoms with Gasteiger partial charge in [-0.3, -0.25) is 14.4 Å². The summed E-state index contributed by atoms with van der Waals surface area (Å²) in [5.74, 6) is -1.65. The number of nitrogens with zero attached hydrogens (tertiary/aromatic N) is 4. The van der Waals surface area contributed by atoms with E-state index in [2.05, 4.69) is 10.2 Å². The molecule has 2 saturated heterocycles. The van der Waals surface area contributed by atoms with Crippen LogP contribution in [0.5, 0.6) is 0 Å². The topological polar surface area (TPSA) is 116 Å². The van der Waals surface area contributed by atoms with Crippen LogP contribution >= 0.6 is 0 Å². The van der Waals surface area contributed by atoms with Crippen molar-refractivity contribution >= 4 is 34.3 Å². The molecule has 3 aromatic rings. The van der Waals surface area contributed by atoms with Crippen LogP contribution in [-0.4, -0.2) is 77.2 Å². The fourth-order valence-corrected chi connectivity index (χ4v) is 4.33. The molecule has 0 bridgehead atoms. The number of amides is 4. The first-order valence-electron chi connectivity index (χ1n) is 11.1. The number of morpholine rings is 1. The van der Waals surface area contributed by atoms with Crippen LogP contribution in [0.4, 0.5) is 14.9 Å². The van der Waals surface area contributed by atoms with Gasteiger partial charge in [0.15, 0.2) is 0 Å². The summed E-state index contributed by atoms with van der Waals surface area (Å²) in [4.78, 5) is 53.7. The average Bonchev–Trinajstić information content (AvgIpc) is 3.15. The Bertz CT molecular complexity index is 1380. The zero-order valence-electron chi connectivity index (χ0n) is 18.7. The smallest absolute Gasteiger partial charge is 0.332 e. The minimum atomic E-state index is -0.750. The zero-order chi connectivity index (χ0) is 24.5. The number of ether oxygens (including phenoxy) is 1. The maximum absolute atomic E-state index is 14.8. The van der Waals surface area contributed by atoms with Gasteiger partial charge in [0.1, 0.15) is 18.9 Å². The Balaban J connectivity index is 1.38. The lowest BCUT2D eigenvalue weighted by atomic mass is 10.0. The first-order valence-corrected chi connectivity index (χ1v) is 11.1. The monoisotopic (exact) mass is 479 g/mol. The molecule has 10 nitrogen and oxygen atoms in total. The lowest BCUT2D eigenvalue weighted by molar-refractivity contribution is -0.135. The summed E-state index contributed by atoms with van der Waals surface area (Å²) in [6.07, 6.45) is 0.236. The Kier molecular flexibility index (Phi) is 6.00. The fourth-order valence-electron chi connectivity index (χ4n) is 4.33. The summed E-state index contributed by atoms with van der Waals surface area (Å²) in [5, 5.41) is 7.73. The van der Waals surface area contributed by atoms with Gasteiger partial charge in [0.05, 0.1) is 30.0 Å². The van der Waals surface area contributed by atoms with Crippen molar-refractivity contribution in [2.45, 2.75) is 6.42 Å². The van der Waals surface area contributed by atoms with Gasteiger partial charge in [0.2, 0.25) is 5.91 Å². The van der Waals surface area contributed by atoms with Crippen molar-refractivity contribution in [2.75, 3.05) is 44.3 Å². The van der Waals surface area contributed by atoms with Crippen LogP contribution in [0.2, 0.25) is 0 Å². The number of hydrogen-bond acceptors (Lipinski definition) is 6. The van der Waals surface area contributed by atoms with E-state index in [0.29, 0.717) is 48.3 Å². The molecule has 35 heavy (non-hydrogen) atoms. The average molecular weight is 479 g/mol. The van der Waals surface area contributed by atoms with Crippen LogP contribution in [0.15, 0.2) is 47.3 Å². The van der Waals surface area contributed by atoms with E-state index in [0.717, 1.165) is 9.80 Å². The van der Waals surface area contributed by atoms with Crippen molar-refractivity contribution < 1.29 is 23.5 Å². The molecule has 1 N–H and O–H groups in total. The maximum Gasteiger partial charge on any atom is 0.332 e. The highest BCUT2D eigenvalue weighted by Gasteiger charge is 2.40. The van der Waals surface area contributed by atoms with Gasteiger partial charge < -0.3 is 14.5 Å². The fraction of sp³-hybridized carbons (Fsp3) is 0.292. The van der Waals surface area contributed by atoms with Crippen molar-refractivity contribution in [3.05, 3.63) is 69.9 Å². The second kappa shape index (κ2) is 9.26. The van der Waals surface area contributed by atoms with Gasteiger partial charge in [-0.15, -0.1) is 0 Å². The van der Waals surface area contributed by atoms with Crippen LogP contribution in [0.25, 0.3) is 10.8 Å². The van der Waals surface area contributed by atoms with Gasteiger partial charge in [-0.05, 0) is 23.8 Å². The van der Waals surface area contributed by atoms with Crippen molar-refractivity contribution in [3.8, 4) is 0 Å². The quantitative estimate of drug-likeness (QED) is 0.552. The van der Waals surface area contributed by atoms with E-state index in [1.54, 1.807) is 29.2 Å². The third-order valence-electron chi connectivity index (χ3n) is 6.13. The predicted octanol–water partition coefficient (Wildman–Crippen LogP) is 1.28. The third-order valence-corrected chi connectivity index (χ3v) is 6.13. The van der Waals surface area contributed by atoms with Gasteiger partial charge in [-0.25, -0.2) is 19.2 Å². The van der Waals surface area contributed by atoms with Crippen molar-refractivity contribution in [1.29, 1.82) is 0 Å². The summed E-state index contributed by atoms with van der Waals surface area (Å²) in [5.41, 5.74) is 0.654. The predicted molar refractivity (Wildman–Crippen MR) is 123 cm³/mol. The van der Waals surface area contributed by atoms with E-state index in [1.807, 2.05) is 0 Å². The van der Waals surface area contributed by atoms with E-state index in [1.165, 1.54) is 18.2 Å². The molecular formula is C24H22FN5O5. The minimum absolute atomic E-state index is 0.187. The summed E-state index contributed by atoms with van der Waals surface area (Å²) in [6, 6.07) is 10.4. The molecule has 2 fully saturated rings. The normalized spacial score (nSPS) is 16.4. The molecule has 0 aliphatic carbocycles. The standard InChI is InChI=1S/C24H22FN5O5/c25-18-6-5-15(11-19-16-3-1-2-4-17(16)23(33)27-26-19)12-20(18)30-22(32)14-29(24(30)34)13-21(31)28-7-9-35-10-8-28/h1-6,12H,7-11,13-14H2,(H,27,33). The first-order chi connectivity index (χ1) is 16.9. The van der Waals surface area contributed by atoms with Crippen LogP contribution in [0, 0.1) is 5.82 Å². The van der Waals surface area contributed by atoms with Gasteiger partial charge in [0, 0.05) is 24.9 Å². The molecule has 5 rings (SSSR count). The molecule has 11 heteroatoms. The largest absolute Gasteiger partial charge is 0.378 e. The van der Waals surface area contributed by atoms with Crippen LogP contribution in [-0.2, 0) is 20.7 Å². The van der Waals surface area contributed by atoms with E-state index < -0.39 is 17.8 Å². The lowest BCUT2D eigenvalue weighted by Crippen LogP contribution is -2.46. The van der Waals surface area contributed by atoms with Gasteiger partial charge in [-0.1, -0.05) is 24.3 Å². The molecule has 2 aliphatic rings. The number of urea groups is 1. The number of carbonyl (C=O) groups is 3. The van der Waals surface area contributed by atoms with Crippen molar-refractivity contribution in [3.63, 3.8) is 0 Å². The number of benzene rings is 2. The molecule has 0 unspecified atom stereocenters. The maximum atomic E-state index is 14.8. The molecule has 0 spiro atoms. The highest BCUT2D eigenvalue weighted by Crippen LogP contribution is 2.27. The summed E-state index contributed by atoms with van der Waals surface area (Å²) in [6.45, 7) is 1.09. The Morgan fingerprint density at radius 1 is 1.06 bits per heavy atom. The molecule has 0 saturated carbocycles. The van der Waals surface area contributed by atoms with Crippen molar-refractivity contribution in [1.82, 2.24) is 20.0 Å². The molecule has 3 heterocycles. The van der Waals surface area contributed by atoms with E-state index >= 15 is 0 Å². The zero-order valence-corrected chi connectivity index (χ0v) is 18.7. The minimum Gasteiger partial charge on any atom is -0.378 e. The number of rotatable bonds is 5. The summed E-state index contributed by atoms with van der Waals surface area (Å²) >= 11 is 0. The van der Waals surface area contributed by atoms with Crippen LogP contribution < -0.4 is 10.5 Å². The number of imide groups is 1. The van der Waals surface area contributed by atoms with Crippen LogP contribution in [0.3, 0.4) is 0 Å². The molecule has 1 aromatic heterocycles. The molecular weight excluding hydrogens is 457 g/mol. The number of aromatic nitrogens is 2. The Hall–Kier alpha value is -4.12. The number of fused-ring (bicyclic) bond motifs is 1. The summed E-state index contributed by atoms with van der Waals surface area (Å²) < 4.78 is 20.0. The Morgan fingerprint density at radius 3 is 2.57 bits per heavy atom. The molecule has 2 aromatic carbocycles. The van der Waals surface area contributed by atoms with Gasteiger partial charge in [0.25, 0.3) is 11.5 Å². The number of anilines is 1. The van der Waals surface area contributed by atoms with Crippen LogP contribution in [0.1, 0.15) is 11.3 Å². The number of nitrogens with one attached hydrogen (secondary N) is 1. The number of carbonyl (C=O) groups excluding carboxylic acids is 3. The van der Waals surface area contributed by atoms with Gasteiger partial charge >= 0.3 is 6.03 Å². The number of H-pyrrole nitrogens is 1. The van der Waals surface area contributed by atoms with E-state index in [4.69, 9.17) is 4.74 Å². The lowest BCUT2D eigenvalue weighted by Gasteiger charge is -2.28. The van der Waals surface area contributed by atoms with Crippen molar-refractivity contribution in [2.24, 2.45) is 0 Å². The number of aromatic amines is 1. The second-order valence-electron chi connectivity index (χ2n) is 8.37. The Morgan fingerprint density at radius 2 is 1.80 bits per heavy atom. The molecule has 4 amide bonds. The number of hydrogen-bond donors (Lipinski definition) is 1. The SMILES string of the molecule is O=C(CN1CC(=O)N(c2cc(Cc3n[nH]c(=O)c4ccccc34)ccc2F)C1=O)N1CCOCC1. The highest BCUT2D eigenvalue weighted by molar-refractivity contribution is 6.20. The first kappa shape index (κ1) is 22.7. The van der Waals surface area contributed by atoms with E-state index in [-0.39, 0.29) is 36.7 Å². The number of halogens is 1. The molecule has 180 valence electrons. The Labute approximate surface area is 198 Å². The summed E-state index contributed by atoms with van der Waals surface area (Å²) in [7, 11) is 0. The molecule has 2 aliphatic heterocycles. The molecule has 0 atom stereocenters. The van der Waals surface area contributed by atoms with E-state index in [9.17, 15) is 23.6 Å². The molecule has 0 radical (unpaired) electrons. The third kappa shape index (κ3) is 4.37. The highest BCUT2D eigenvalue weighted by atomic mass is 19.1.